The molecular formula is C24H23OP. The monoisotopic (exact) mass is 358 g/mol. The summed E-state index contributed by atoms with van der Waals surface area (Å²) in [7, 11) is 0.292. The maximum absolute atomic E-state index is 6.42. The predicted octanol–water partition coefficient (Wildman–Crippen LogP) is 6.66. The molecule has 0 aromatic heterocycles. The molecule has 3 aromatic carbocycles. The average Bonchev–Trinajstić information content (AvgIpc) is 3.25. The lowest BCUT2D eigenvalue weighted by Gasteiger charge is -2.35. The largest absolute Gasteiger partial charge is 0.480 e. The summed E-state index contributed by atoms with van der Waals surface area (Å²) in [5.41, 5.74) is 3.82. The van der Waals surface area contributed by atoms with Crippen LogP contribution in [0.2, 0.25) is 0 Å². The van der Waals surface area contributed by atoms with Gasteiger partial charge in [-0.2, -0.15) is 0 Å². The van der Waals surface area contributed by atoms with E-state index >= 15 is 0 Å². The Morgan fingerprint density at radius 1 is 0.654 bits per heavy atom. The van der Waals surface area contributed by atoms with Crippen LogP contribution >= 0.6 is 8.81 Å². The van der Waals surface area contributed by atoms with Gasteiger partial charge in [0, 0.05) is 6.42 Å². The van der Waals surface area contributed by atoms with Crippen LogP contribution in [-0.4, -0.2) is 0 Å². The fourth-order valence-corrected chi connectivity index (χ4v) is 4.94. The van der Waals surface area contributed by atoms with Crippen molar-refractivity contribution in [3.05, 3.63) is 120 Å². The van der Waals surface area contributed by atoms with Gasteiger partial charge in [-0.25, -0.2) is 0 Å². The van der Waals surface area contributed by atoms with E-state index < -0.39 is 0 Å². The van der Waals surface area contributed by atoms with Crippen molar-refractivity contribution in [1.29, 1.82) is 0 Å². The number of benzene rings is 3. The molecular weight excluding hydrogens is 335 g/mol. The molecule has 1 aliphatic carbocycles. The van der Waals surface area contributed by atoms with Gasteiger partial charge in [-0.3, -0.25) is 0 Å². The third-order valence-electron chi connectivity index (χ3n) is 4.95. The Hall–Kier alpha value is -2.37. The molecule has 0 radical (unpaired) electrons. The molecule has 1 atom stereocenters. The molecule has 0 aliphatic heterocycles. The summed E-state index contributed by atoms with van der Waals surface area (Å²) in [5.74, 6) is 1.15. The summed E-state index contributed by atoms with van der Waals surface area (Å²) in [6.45, 7) is 0. The zero-order chi connectivity index (χ0) is 17.7. The van der Waals surface area contributed by atoms with Crippen molar-refractivity contribution in [3.63, 3.8) is 0 Å². The maximum Gasteiger partial charge on any atom is 0.0977 e. The van der Waals surface area contributed by atoms with Gasteiger partial charge in [-0.05, 0) is 35.6 Å². The van der Waals surface area contributed by atoms with Gasteiger partial charge >= 0.3 is 0 Å². The fourth-order valence-electron chi connectivity index (χ4n) is 3.62. The van der Waals surface area contributed by atoms with E-state index in [4.69, 9.17) is 4.52 Å². The highest BCUT2D eigenvalue weighted by atomic mass is 31.1. The van der Waals surface area contributed by atoms with Crippen molar-refractivity contribution in [2.24, 2.45) is 0 Å². The Balaban J connectivity index is 1.87. The van der Waals surface area contributed by atoms with E-state index in [1.54, 1.807) is 0 Å². The number of allylic oxidation sites excluding steroid dienone is 2. The summed E-state index contributed by atoms with van der Waals surface area (Å²) >= 11 is 0. The molecule has 1 unspecified atom stereocenters. The van der Waals surface area contributed by atoms with Gasteiger partial charge in [0.2, 0.25) is 0 Å². The quantitative estimate of drug-likeness (QED) is 0.354. The van der Waals surface area contributed by atoms with E-state index in [0.717, 1.165) is 18.6 Å². The highest BCUT2D eigenvalue weighted by Crippen LogP contribution is 2.54. The predicted molar refractivity (Wildman–Crippen MR) is 111 cm³/mol. The highest BCUT2D eigenvalue weighted by molar-refractivity contribution is 7.34. The summed E-state index contributed by atoms with van der Waals surface area (Å²) in [6.07, 6.45) is 5.64. The first-order chi connectivity index (χ1) is 12.9. The van der Waals surface area contributed by atoms with Crippen molar-refractivity contribution in [2.75, 3.05) is 0 Å². The minimum Gasteiger partial charge on any atom is -0.480 e. The minimum absolute atomic E-state index is 0.292. The number of hydrogen-bond acceptors (Lipinski definition) is 1. The topological polar surface area (TPSA) is 9.23 Å². The number of rotatable bonds is 6. The maximum atomic E-state index is 6.42. The third kappa shape index (κ3) is 3.32. The lowest BCUT2D eigenvalue weighted by molar-refractivity contribution is 0.456. The first-order valence-electron chi connectivity index (χ1n) is 9.19. The van der Waals surface area contributed by atoms with Crippen LogP contribution in [0.5, 0.6) is 0 Å². The van der Waals surface area contributed by atoms with Crippen LogP contribution in [-0.2, 0) is 9.68 Å². The first kappa shape index (κ1) is 17.1. The average molecular weight is 358 g/mol. The molecule has 0 spiro atoms. The van der Waals surface area contributed by atoms with Gasteiger partial charge < -0.3 is 4.52 Å². The molecule has 130 valence electrons. The zero-order valence-corrected chi connectivity index (χ0v) is 15.8. The van der Waals surface area contributed by atoms with Crippen LogP contribution in [0, 0.1) is 0 Å². The molecule has 0 fully saturated rings. The molecule has 0 saturated carbocycles. The Labute approximate surface area is 157 Å². The van der Waals surface area contributed by atoms with E-state index in [9.17, 15) is 0 Å². The second-order valence-corrected chi connectivity index (χ2v) is 7.77. The van der Waals surface area contributed by atoms with E-state index in [2.05, 4.69) is 97.1 Å². The summed E-state index contributed by atoms with van der Waals surface area (Å²) < 4.78 is 6.42. The van der Waals surface area contributed by atoms with Gasteiger partial charge in [0.1, 0.15) is 0 Å². The van der Waals surface area contributed by atoms with Gasteiger partial charge in [-0.15, -0.1) is 0 Å². The van der Waals surface area contributed by atoms with Crippen LogP contribution in [0.1, 0.15) is 36.0 Å². The molecule has 0 saturated heterocycles. The lowest BCUT2D eigenvalue weighted by Crippen LogP contribution is -2.24. The molecule has 0 amide bonds. The van der Waals surface area contributed by atoms with Crippen molar-refractivity contribution >= 4 is 8.81 Å². The smallest absolute Gasteiger partial charge is 0.0977 e. The molecule has 4 rings (SSSR count). The van der Waals surface area contributed by atoms with E-state index in [1.807, 2.05) is 0 Å². The third-order valence-corrected chi connectivity index (χ3v) is 6.49. The van der Waals surface area contributed by atoms with E-state index in [0.29, 0.717) is 8.81 Å². The lowest BCUT2D eigenvalue weighted by atomic mass is 9.84. The van der Waals surface area contributed by atoms with Crippen LogP contribution in [0.15, 0.2) is 103 Å². The molecule has 2 heteroatoms. The molecule has 1 nitrogen and oxygen atoms in total. The van der Waals surface area contributed by atoms with Crippen LogP contribution in [0.3, 0.4) is 0 Å². The normalized spacial score (nSPS) is 14.5. The van der Waals surface area contributed by atoms with Crippen molar-refractivity contribution < 1.29 is 4.52 Å². The minimum atomic E-state index is -0.298. The number of hydrogen-bond donors (Lipinski definition) is 0. The molecule has 0 bridgehead atoms. The highest BCUT2D eigenvalue weighted by Gasteiger charge is 2.38. The van der Waals surface area contributed by atoms with Crippen LogP contribution in [0.25, 0.3) is 0 Å². The summed E-state index contributed by atoms with van der Waals surface area (Å²) in [5, 5.41) is -0.298. The van der Waals surface area contributed by atoms with Gasteiger partial charge in [0.25, 0.3) is 0 Å². The van der Waals surface area contributed by atoms with E-state index in [-0.39, 0.29) is 5.16 Å². The summed E-state index contributed by atoms with van der Waals surface area (Å²) in [6, 6.07) is 32.3. The summed E-state index contributed by atoms with van der Waals surface area (Å²) in [4.78, 5) is 0. The first-order valence-corrected chi connectivity index (χ1v) is 10.1. The standard InChI is InChI=1S/C24H23OP/c1-4-12-20(13-5-1)24(21-14-6-2-7-15-21,22-16-8-3-9-17-22)26-25-23-18-10-11-19-23/h1-9,12-18,26H,10-11,19H2. The van der Waals surface area contributed by atoms with Crippen molar-refractivity contribution in [2.45, 2.75) is 24.4 Å². The molecule has 0 heterocycles. The van der Waals surface area contributed by atoms with Crippen molar-refractivity contribution in [1.82, 2.24) is 0 Å². The molecule has 0 N–H and O–H groups in total. The fraction of sp³-hybridized carbons (Fsp3) is 0.167. The molecule has 1 aliphatic rings. The Morgan fingerprint density at radius 2 is 1.12 bits per heavy atom. The van der Waals surface area contributed by atoms with Gasteiger partial charge in [-0.1, -0.05) is 91.0 Å². The Bertz CT molecular complexity index is 760. The second-order valence-electron chi connectivity index (χ2n) is 6.61. The Kier molecular flexibility index (Phi) is 5.18. The Morgan fingerprint density at radius 3 is 1.50 bits per heavy atom. The SMILES string of the molecule is C1=C(OPC(c2ccccc2)(c2ccccc2)c2ccccc2)CCC1. The van der Waals surface area contributed by atoms with Gasteiger partial charge in [0.15, 0.2) is 0 Å². The van der Waals surface area contributed by atoms with Gasteiger partial charge in [0.05, 0.1) is 19.7 Å². The molecule has 3 aromatic rings. The molecule has 26 heavy (non-hydrogen) atoms. The van der Waals surface area contributed by atoms with Crippen molar-refractivity contribution in [3.8, 4) is 0 Å². The second kappa shape index (κ2) is 7.89. The van der Waals surface area contributed by atoms with Crippen LogP contribution in [0.4, 0.5) is 0 Å². The van der Waals surface area contributed by atoms with E-state index in [1.165, 1.54) is 23.1 Å². The van der Waals surface area contributed by atoms with Crippen LogP contribution < -0.4 is 0 Å². The zero-order valence-electron chi connectivity index (χ0n) is 14.8.